The van der Waals surface area contributed by atoms with E-state index >= 15 is 0 Å². The van der Waals surface area contributed by atoms with Gasteiger partial charge in [-0.25, -0.2) is 4.79 Å². The second kappa shape index (κ2) is 9.04. The third kappa shape index (κ3) is 4.71. The van der Waals surface area contributed by atoms with Crippen LogP contribution in [-0.4, -0.2) is 17.8 Å². The van der Waals surface area contributed by atoms with Crippen LogP contribution in [-0.2, 0) is 13.0 Å². The van der Waals surface area contributed by atoms with Crippen LogP contribution in [0.25, 0.3) is 0 Å². The molecule has 0 fully saturated rings. The zero-order valence-electron chi connectivity index (χ0n) is 14.4. The van der Waals surface area contributed by atoms with E-state index < -0.39 is 0 Å². The van der Waals surface area contributed by atoms with Gasteiger partial charge < -0.3 is 9.47 Å². The first kappa shape index (κ1) is 18.7. The van der Waals surface area contributed by atoms with Crippen LogP contribution in [0.3, 0.4) is 0 Å². The summed E-state index contributed by atoms with van der Waals surface area (Å²) < 4.78 is 11.4. The van der Waals surface area contributed by atoms with E-state index in [-0.39, 0.29) is 5.30 Å². The van der Waals surface area contributed by atoms with Gasteiger partial charge in [-0.1, -0.05) is 25.1 Å². The molecular weight excluding hydrogens is 340 g/mol. The first-order valence-corrected chi connectivity index (χ1v) is 10.2. The molecule has 2 aromatic carbocycles. The van der Waals surface area contributed by atoms with E-state index in [1.807, 2.05) is 31.4 Å². The Labute approximate surface area is 152 Å². The van der Waals surface area contributed by atoms with Crippen LogP contribution in [0, 0.1) is 6.92 Å². The first-order valence-electron chi connectivity index (χ1n) is 7.73. The minimum atomic E-state index is -0.321. The van der Waals surface area contributed by atoms with E-state index in [0.717, 1.165) is 40.0 Å². The van der Waals surface area contributed by atoms with E-state index in [9.17, 15) is 4.79 Å². The summed E-state index contributed by atoms with van der Waals surface area (Å²) in [6.45, 7) is 4.54. The van der Waals surface area contributed by atoms with Crippen molar-refractivity contribution in [1.29, 1.82) is 0 Å². The molecule has 3 nitrogen and oxygen atoms in total. The van der Waals surface area contributed by atoms with Crippen LogP contribution in [0.15, 0.2) is 41.3 Å². The number of hydrogen-bond donors (Lipinski definition) is 0. The van der Waals surface area contributed by atoms with Crippen LogP contribution < -0.4 is 9.47 Å². The molecule has 128 valence electrons. The standard InChI is InChI=1S/C19H22O3S2/c1-5-14-9-10-16(13(2)11-14)21-12-15-17(22-19(20)24-4)7-6-8-18(15)23-3/h6-11H,5,12H2,1-4H3. The third-order valence-electron chi connectivity index (χ3n) is 3.69. The second-order valence-corrected chi connectivity index (χ2v) is 6.82. The van der Waals surface area contributed by atoms with Gasteiger partial charge in [-0.2, -0.15) is 0 Å². The molecule has 2 aromatic rings. The first-order chi connectivity index (χ1) is 11.6. The minimum absolute atomic E-state index is 0.321. The summed E-state index contributed by atoms with van der Waals surface area (Å²) in [5.74, 6) is 1.41. The number of rotatable bonds is 6. The molecule has 0 aliphatic heterocycles. The maximum absolute atomic E-state index is 11.6. The van der Waals surface area contributed by atoms with Crippen molar-refractivity contribution in [3.63, 3.8) is 0 Å². The Balaban J connectivity index is 2.23. The van der Waals surface area contributed by atoms with Crippen molar-refractivity contribution in [2.24, 2.45) is 0 Å². The van der Waals surface area contributed by atoms with E-state index in [1.165, 1.54) is 5.56 Å². The van der Waals surface area contributed by atoms with Gasteiger partial charge in [-0.3, -0.25) is 0 Å². The van der Waals surface area contributed by atoms with Gasteiger partial charge in [0.1, 0.15) is 18.1 Å². The normalized spacial score (nSPS) is 10.5. The number of carbonyl (C=O) groups is 1. The van der Waals surface area contributed by atoms with Crippen LogP contribution in [0.2, 0.25) is 0 Å². The Hall–Kier alpha value is -1.59. The van der Waals surface area contributed by atoms with Crippen molar-refractivity contribution in [2.45, 2.75) is 31.8 Å². The fourth-order valence-corrected chi connectivity index (χ4v) is 3.14. The van der Waals surface area contributed by atoms with Crippen molar-refractivity contribution in [1.82, 2.24) is 0 Å². The highest BCUT2D eigenvalue weighted by molar-refractivity contribution is 8.12. The molecule has 0 aliphatic rings. The Kier molecular flexibility index (Phi) is 7.06. The van der Waals surface area contributed by atoms with Gasteiger partial charge in [-0.05, 0) is 66.9 Å². The number of ether oxygens (including phenoxy) is 2. The summed E-state index contributed by atoms with van der Waals surface area (Å²) in [6, 6.07) is 11.9. The molecular formula is C19H22O3S2. The van der Waals surface area contributed by atoms with Crippen LogP contribution >= 0.6 is 23.5 Å². The zero-order valence-corrected chi connectivity index (χ0v) is 16.1. The van der Waals surface area contributed by atoms with Gasteiger partial charge in [0.2, 0.25) is 0 Å². The lowest BCUT2D eigenvalue weighted by Gasteiger charge is -2.15. The van der Waals surface area contributed by atoms with Crippen molar-refractivity contribution in [3.05, 3.63) is 53.1 Å². The molecule has 0 spiro atoms. The highest BCUT2D eigenvalue weighted by Gasteiger charge is 2.14. The molecule has 0 heterocycles. The number of thioether (sulfide) groups is 2. The van der Waals surface area contributed by atoms with Crippen molar-refractivity contribution in [3.8, 4) is 11.5 Å². The van der Waals surface area contributed by atoms with Gasteiger partial charge in [0.15, 0.2) is 0 Å². The van der Waals surface area contributed by atoms with Gasteiger partial charge in [0, 0.05) is 10.5 Å². The maximum atomic E-state index is 11.6. The van der Waals surface area contributed by atoms with Crippen LogP contribution in [0.4, 0.5) is 4.79 Å². The molecule has 5 heteroatoms. The Bertz CT molecular complexity index is 714. The topological polar surface area (TPSA) is 35.5 Å². The molecule has 2 rings (SSSR count). The number of carbonyl (C=O) groups excluding carboxylic acids is 1. The largest absolute Gasteiger partial charge is 0.488 e. The van der Waals surface area contributed by atoms with Crippen LogP contribution in [0.1, 0.15) is 23.6 Å². The minimum Gasteiger partial charge on any atom is -0.488 e. The maximum Gasteiger partial charge on any atom is 0.372 e. The van der Waals surface area contributed by atoms with E-state index in [1.54, 1.807) is 24.1 Å². The predicted octanol–water partition coefficient (Wildman–Crippen LogP) is 5.72. The molecule has 0 aromatic heterocycles. The smallest absolute Gasteiger partial charge is 0.372 e. The number of aryl methyl sites for hydroxylation is 2. The Morgan fingerprint density at radius 3 is 2.54 bits per heavy atom. The Morgan fingerprint density at radius 1 is 1.12 bits per heavy atom. The van der Waals surface area contributed by atoms with Gasteiger partial charge in [0.25, 0.3) is 0 Å². The number of hydrogen-bond acceptors (Lipinski definition) is 5. The molecule has 0 N–H and O–H groups in total. The fraction of sp³-hybridized carbons (Fsp3) is 0.316. The fourth-order valence-electron chi connectivity index (χ4n) is 2.35. The average Bonchev–Trinajstić information content (AvgIpc) is 2.60. The van der Waals surface area contributed by atoms with Crippen molar-refractivity contribution >= 4 is 28.8 Å². The zero-order chi connectivity index (χ0) is 17.5. The lowest BCUT2D eigenvalue weighted by molar-refractivity contribution is 0.225. The molecule has 0 aliphatic carbocycles. The second-order valence-electron chi connectivity index (χ2n) is 5.24. The van der Waals surface area contributed by atoms with E-state index in [0.29, 0.717) is 12.4 Å². The summed E-state index contributed by atoms with van der Waals surface area (Å²) in [5, 5.41) is -0.321. The average molecular weight is 363 g/mol. The van der Waals surface area contributed by atoms with Gasteiger partial charge >= 0.3 is 5.30 Å². The van der Waals surface area contributed by atoms with Crippen molar-refractivity contribution in [2.75, 3.05) is 12.5 Å². The summed E-state index contributed by atoms with van der Waals surface area (Å²) in [5.41, 5.74) is 3.30. The Morgan fingerprint density at radius 2 is 1.92 bits per heavy atom. The summed E-state index contributed by atoms with van der Waals surface area (Å²) in [4.78, 5) is 12.7. The highest BCUT2D eigenvalue weighted by atomic mass is 32.2. The molecule has 24 heavy (non-hydrogen) atoms. The van der Waals surface area contributed by atoms with E-state index in [4.69, 9.17) is 9.47 Å². The molecule has 0 unspecified atom stereocenters. The lowest BCUT2D eigenvalue weighted by Crippen LogP contribution is -2.06. The molecule has 0 saturated carbocycles. The SMILES string of the molecule is CCc1ccc(OCc2c(OC(=O)SC)cccc2SC)c(C)c1. The summed E-state index contributed by atoms with van der Waals surface area (Å²) in [7, 11) is 0. The molecule has 0 bridgehead atoms. The molecule has 0 atom stereocenters. The van der Waals surface area contributed by atoms with Crippen molar-refractivity contribution < 1.29 is 14.3 Å². The van der Waals surface area contributed by atoms with Crippen LogP contribution in [0.5, 0.6) is 11.5 Å². The summed E-state index contributed by atoms with van der Waals surface area (Å²) >= 11 is 2.67. The molecule has 0 saturated heterocycles. The lowest BCUT2D eigenvalue weighted by atomic mass is 10.1. The monoisotopic (exact) mass is 362 g/mol. The quantitative estimate of drug-likeness (QED) is 0.485. The van der Waals surface area contributed by atoms with Gasteiger partial charge in [0.05, 0.1) is 0 Å². The predicted molar refractivity (Wildman–Crippen MR) is 103 cm³/mol. The number of benzene rings is 2. The van der Waals surface area contributed by atoms with E-state index in [2.05, 4.69) is 19.1 Å². The summed E-state index contributed by atoms with van der Waals surface area (Å²) in [6.07, 6.45) is 4.71. The molecule has 0 radical (unpaired) electrons. The molecule has 0 amide bonds. The van der Waals surface area contributed by atoms with Gasteiger partial charge in [-0.15, -0.1) is 11.8 Å². The third-order valence-corrected chi connectivity index (χ3v) is 4.93. The highest BCUT2D eigenvalue weighted by Crippen LogP contribution is 2.31.